The molecule has 1 heterocycles. The van der Waals surface area contributed by atoms with Gasteiger partial charge in [-0.25, -0.2) is 0 Å². The number of benzene rings is 2. The summed E-state index contributed by atoms with van der Waals surface area (Å²) >= 11 is 25.3. The first kappa shape index (κ1) is 20.2. The van der Waals surface area contributed by atoms with Gasteiger partial charge in [-0.05, 0) is 41.1 Å². The van der Waals surface area contributed by atoms with Crippen LogP contribution in [-0.2, 0) is 4.79 Å². The van der Waals surface area contributed by atoms with Crippen LogP contribution in [0.15, 0.2) is 35.5 Å². The Morgan fingerprint density at radius 3 is 2.52 bits per heavy atom. The van der Waals surface area contributed by atoms with Gasteiger partial charge >= 0.3 is 0 Å². The molecule has 0 saturated carbocycles. The normalized spacial score (nSPS) is 10.9. The van der Waals surface area contributed by atoms with Crippen molar-refractivity contribution < 1.29 is 4.79 Å². The van der Waals surface area contributed by atoms with Crippen LogP contribution in [0.1, 0.15) is 5.56 Å². The van der Waals surface area contributed by atoms with Gasteiger partial charge in [0.25, 0.3) is 0 Å². The van der Waals surface area contributed by atoms with Gasteiger partial charge in [0.15, 0.2) is 0 Å². The van der Waals surface area contributed by atoms with Crippen molar-refractivity contribution in [1.29, 1.82) is 0 Å². The minimum Gasteiger partial charge on any atom is -0.323 e. The molecule has 0 unspecified atom stereocenters. The predicted octanol–water partition coefficient (Wildman–Crippen LogP) is 5.32. The Morgan fingerprint density at radius 1 is 1.15 bits per heavy atom. The summed E-state index contributed by atoms with van der Waals surface area (Å²) in [4.78, 5) is 12.3. The Morgan fingerprint density at radius 2 is 1.85 bits per heavy atom. The quantitative estimate of drug-likeness (QED) is 0.410. The zero-order chi connectivity index (χ0) is 19.6. The zero-order valence-corrected chi connectivity index (χ0v) is 17.6. The van der Waals surface area contributed by atoms with E-state index in [9.17, 15) is 4.79 Å². The van der Waals surface area contributed by atoms with Crippen LogP contribution in [0.5, 0.6) is 0 Å². The van der Waals surface area contributed by atoms with Gasteiger partial charge in [-0.1, -0.05) is 70.3 Å². The summed E-state index contributed by atoms with van der Waals surface area (Å²) in [5, 5.41) is 15.3. The molecule has 0 bridgehead atoms. The van der Waals surface area contributed by atoms with Crippen molar-refractivity contribution in [3.63, 3.8) is 0 Å². The van der Waals surface area contributed by atoms with Crippen LogP contribution in [0.4, 0.5) is 5.69 Å². The molecule has 0 radical (unpaired) electrons. The minimum absolute atomic E-state index is 0.0307. The monoisotopic (exact) mass is 461 g/mol. The standard InChI is InChI=1S/C16H11Cl4N5OS/c1-8-3-2-4-9(5-8)25-16(22-23-24-25)27-7-12(26)21-15-13(19)10(17)6-11(18)14(15)20/h2-6H,7H2,1H3,(H,21,26). The van der Waals surface area contributed by atoms with Crippen LogP contribution < -0.4 is 5.32 Å². The fraction of sp³-hybridized carbons (Fsp3) is 0.125. The molecular weight excluding hydrogens is 452 g/mol. The van der Waals surface area contributed by atoms with E-state index in [0.29, 0.717) is 5.16 Å². The third-order valence-electron chi connectivity index (χ3n) is 3.40. The van der Waals surface area contributed by atoms with Crippen molar-refractivity contribution in [3.8, 4) is 5.69 Å². The SMILES string of the molecule is Cc1cccc(-n2nnnc2SCC(=O)Nc2c(Cl)c(Cl)cc(Cl)c2Cl)c1. The van der Waals surface area contributed by atoms with Crippen LogP contribution in [-0.4, -0.2) is 31.9 Å². The molecule has 2 aromatic carbocycles. The molecule has 3 rings (SSSR count). The highest BCUT2D eigenvalue weighted by atomic mass is 35.5. The number of tetrazole rings is 1. The number of carbonyl (C=O) groups excluding carboxylic acids is 1. The van der Waals surface area contributed by atoms with E-state index in [-0.39, 0.29) is 37.4 Å². The number of rotatable bonds is 5. The van der Waals surface area contributed by atoms with E-state index >= 15 is 0 Å². The number of thioether (sulfide) groups is 1. The molecule has 0 saturated heterocycles. The molecule has 1 amide bonds. The van der Waals surface area contributed by atoms with Gasteiger partial charge in [0, 0.05) is 0 Å². The summed E-state index contributed by atoms with van der Waals surface area (Å²) in [6.45, 7) is 1.97. The van der Waals surface area contributed by atoms with Gasteiger partial charge in [0.2, 0.25) is 11.1 Å². The van der Waals surface area contributed by atoms with Gasteiger partial charge in [0.1, 0.15) is 0 Å². The first-order valence-electron chi connectivity index (χ1n) is 7.48. The lowest BCUT2D eigenvalue weighted by atomic mass is 10.2. The van der Waals surface area contributed by atoms with Crippen LogP contribution >= 0.6 is 58.2 Å². The van der Waals surface area contributed by atoms with E-state index in [0.717, 1.165) is 23.0 Å². The fourth-order valence-electron chi connectivity index (χ4n) is 2.18. The van der Waals surface area contributed by atoms with Gasteiger partial charge < -0.3 is 5.32 Å². The Balaban J connectivity index is 1.72. The molecular formula is C16H11Cl4N5OS. The number of aromatic nitrogens is 4. The molecule has 0 aliphatic rings. The molecule has 0 fully saturated rings. The van der Waals surface area contributed by atoms with Crippen molar-refractivity contribution in [2.75, 3.05) is 11.1 Å². The van der Waals surface area contributed by atoms with Crippen molar-refractivity contribution >= 4 is 69.8 Å². The van der Waals surface area contributed by atoms with Crippen LogP contribution in [0.2, 0.25) is 20.1 Å². The summed E-state index contributed by atoms with van der Waals surface area (Å²) in [6, 6.07) is 9.10. The molecule has 27 heavy (non-hydrogen) atoms. The number of anilines is 1. The molecule has 1 N–H and O–H groups in total. The summed E-state index contributed by atoms with van der Waals surface area (Å²) in [7, 11) is 0. The Hall–Kier alpha value is -1.51. The van der Waals surface area contributed by atoms with Gasteiger partial charge in [-0.3, -0.25) is 4.79 Å². The van der Waals surface area contributed by atoms with Crippen molar-refractivity contribution in [3.05, 3.63) is 56.0 Å². The van der Waals surface area contributed by atoms with Gasteiger partial charge in [-0.2, -0.15) is 4.68 Å². The number of halogens is 4. The van der Waals surface area contributed by atoms with E-state index in [4.69, 9.17) is 46.4 Å². The number of carbonyl (C=O) groups is 1. The Bertz CT molecular complexity index is 984. The van der Waals surface area contributed by atoms with E-state index in [1.807, 2.05) is 31.2 Å². The number of hydrogen-bond acceptors (Lipinski definition) is 5. The minimum atomic E-state index is -0.360. The molecule has 0 spiro atoms. The lowest BCUT2D eigenvalue weighted by Crippen LogP contribution is -2.15. The lowest BCUT2D eigenvalue weighted by molar-refractivity contribution is -0.113. The summed E-state index contributed by atoms with van der Waals surface area (Å²) in [6.07, 6.45) is 0. The lowest BCUT2D eigenvalue weighted by Gasteiger charge is -2.11. The second-order valence-electron chi connectivity index (χ2n) is 5.39. The molecule has 0 aliphatic heterocycles. The van der Waals surface area contributed by atoms with Crippen molar-refractivity contribution in [1.82, 2.24) is 20.2 Å². The fourth-order valence-corrected chi connectivity index (χ4v) is 3.77. The predicted molar refractivity (Wildman–Crippen MR) is 110 cm³/mol. The van der Waals surface area contributed by atoms with Gasteiger partial charge in [0.05, 0.1) is 37.2 Å². The second kappa shape index (κ2) is 8.67. The summed E-state index contributed by atoms with van der Waals surface area (Å²) in [5.41, 5.74) is 2.04. The topological polar surface area (TPSA) is 72.7 Å². The first-order valence-corrected chi connectivity index (χ1v) is 9.97. The average Bonchev–Trinajstić information content (AvgIpc) is 3.10. The van der Waals surface area contributed by atoms with Crippen molar-refractivity contribution in [2.24, 2.45) is 0 Å². The average molecular weight is 463 g/mol. The van der Waals surface area contributed by atoms with Crippen LogP contribution in [0.3, 0.4) is 0 Å². The van der Waals surface area contributed by atoms with E-state index in [2.05, 4.69) is 20.8 Å². The molecule has 0 atom stereocenters. The van der Waals surface area contributed by atoms with Gasteiger partial charge in [-0.15, -0.1) is 5.10 Å². The van der Waals surface area contributed by atoms with Crippen LogP contribution in [0.25, 0.3) is 5.69 Å². The maximum atomic E-state index is 12.3. The maximum Gasteiger partial charge on any atom is 0.234 e. The highest BCUT2D eigenvalue weighted by Gasteiger charge is 2.17. The second-order valence-corrected chi connectivity index (χ2v) is 7.91. The molecule has 140 valence electrons. The molecule has 1 aromatic heterocycles. The van der Waals surface area contributed by atoms with E-state index in [1.165, 1.54) is 6.07 Å². The zero-order valence-electron chi connectivity index (χ0n) is 13.7. The molecule has 6 nitrogen and oxygen atoms in total. The number of nitrogens with zero attached hydrogens (tertiary/aromatic N) is 4. The van der Waals surface area contributed by atoms with Crippen LogP contribution in [0, 0.1) is 6.92 Å². The summed E-state index contributed by atoms with van der Waals surface area (Å²) in [5.74, 6) is -0.330. The summed E-state index contributed by atoms with van der Waals surface area (Å²) < 4.78 is 1.56. The molecule has 3 aromatic rings. The highest BCUT2D eigenvalue weighted by molar-refractivity contribution is 7.99. The third kappa shape index (κ3) is 4.67. The maximum absolute atomic E-state index is 12.3. The number of aryl methyl sites for hydroxylation is 1. The first-order chi connectivity index (χ1) is 12.9. The number of hydrogen-bond donors (Lipinski definition) is 1. The smallest absolute Gasteiger partial charge is 0.234 e. The largest absolute Gasteiger partial charge is 0.323 e. The molecule has 11 heteroatoms. The number of nitrogens with one attached hydrogen (secondary N) is 1. The molecule has 0 aliphatic carbocycles. The Labute approximate surface area is 179 Å². The highest BCUT2D eigenvalue weighted by Crippen LogP contribution is 2.41. The Kier molecular flexibility index (Phi) is 6.49. The van der Waals surface area contributed by atoms with Crippen molar-refractivity contribution in [2.45, 2.75) is 12.1 Å². The van der Waals surface area contributed by atoms with E-state index in [1.54, 1.807) is 4.68 Å². The van der Waals surface area contributed by atoms with E-state index < -0.39 is 0 Å². The third-order valence-corrected chi connectivity index (χ3v) is 5.89. The number of amides is 1.